The van der Waals surface area contributed by atoms with Crippen LogP contribution in [0.4, 0.5) is 5.69 Å². The second-order valence-corrected chi connectivity index (χ2v) is 5.06. The molecule has 0 unspecified atom stereocenters. The highest BCUT2D eigenvalue weighted by atomic mass is 16.6. The van der Waals surface area contributed by atoms with Crippen LogP contribution in [0.1, 0.15) is 24.2 Å². The molecular formula is C16H16N2O5. The van der Waals surface area contributed by atoms with Crippen molar-refractivity contribution in [3.63, 3.8) is 0 Å². The largest absolute Gasteiger partial charge is 0.508 e. The average molecular weight is 316 g/mol. The number of aromatic hydroxyl groups is 2. The van der Waals surface area contributed by atoms with E-state index in [2.05, 4.69) is 4.99 Å². The molecule has 3 N–H and O–H groups in total. The van der Waals surface area contributed by atoms with Gasteiger partial charge < -0.3 is 15.3 Å². The molecule has 0 heterocycles. The van der Waals surface area contributed by atoms with Crippen LogP contribution in [0.2, 0.25) is 0 Å². The number of nitrogens with zero attached hydrogens (tertiary/aromatic N) is 2. The summed E-state index contributed by atoms with van der Waals surface area (Å²) in [6.45, 7) is 1.67. The summed E-state index contributed by atoms with van der Waals surface area (Å²) < 4.78 is 0. The van der Waals surface area contributed by atoms with Gasteiger partial charge in [-0.25, -0.2) is 0 Å². The van der Waals surface area contributed by atoms with Crippen LogP contribution < -0.4 is 0 Å². The number of hydrogen-bond donors (Lipinski definition) is 3. The number of benzene rings is 2. The van der Waals surface area contributed by atoms with Gasteiger partial charge >= 0.3 is 0 Å². The van der Waals surface area contributed by atoms with E-state index in [1.807, 2.05) is 0 Å². The second-order valence-electron chi connectivity index (χ2n) is 5.06. The second kappa shape index (κ2) is 6.89. The molecule has 0 fully saturated rings. The molecule has 2 atom stereocenters. The first kappa shape index (κ1) is 16.4. The SMILES string of the molecule is C[C@@H](N=Cc1cc([N+](=O)[O-])ccc1O)[C@@H](O)c1ccc(O)cc1. The summed E-state index contributed by atoms with van der Waals surface area (Å²) in [4.78, 5) is 14.3. The summed E-state index contributed by atoms with van der Waals surface area (Å²) in [6.07, 6.45) is 0.379. The van der Waals surface area contributed by atoms with E-state index in [4.69, 9.17) is 0 Å². The Balaban J connectivity index is 2.17. The van der Waals surface area contributed by atoms with Gasteiger partial charge in [0.1, 0.15) is 17.6 Å². The van der Waals surface area contributed by atoms with E-state index in [9.17, 15) is 25.4 Å². The number of aliphatic hydroxyl groups excluding tert-OH is 1. The predicted octanol–water partition coefficient (Wildman–Crippen LogP) is 2.55. The van der Waals surface area contributed by atoms with Crippen molar-refractivity contribution in [3.8, 4) is 11.5 Å². The standard InChI is InChI=1S/C16H16N2O5/c1-10(16(21)11-2-5-14(19)6-3-11)17-9-12-8-13(18(22)23)4-7-15(12)20/h2-10,16,19-21H,1H3/t10-,16-/m1/s1. The highest BCUT2D eigenvalue weighted by Gasteiger charge is 2.15. The molecule has 2 aromatic carbocycles. The molecule has 0 bridgehead atoms. The molecule has 0 spiro atoms. The Kier molecular flexibility index (Phi) is 4.92. The molecule has 7 heteroatoms. The molecule has 2 rings (SSSR count). The van der Waals surface area contributed by atoms with Crippen molar-refractivity contribution in [1.29, 1.82) is 0 Å². The maximum absolute atomic E-state index is 10.7. The number of aliphatic imine (C=N–C) groups is 1. The molecule has 120 valence electrons. The first-order chi connectivity index (χ1) is 10.9. The van der Waals surface area contributed by atoms with Gasteiger partial charge in [0.25, 0.3) is 5.69 Å². The number of aliphatic hydroxyl groups is 1. The maximum atomic E-state index is 10.7. The van der Waals surface area contributed by atoms with Gasteiger partial charge in [-0.2, -0.15) is 0 Å². The number of nitro groups is 1. The molecule has 0 amide bonds. The van der Waals surface area contributed by atoms with Crippen molar-refractivity contribution >= 4 is 11.9 Å². The fourth-order valence-corrected chi connectivity index (χ4v) is 1.99. The lowest BCUT2D eigenvalue weighted by Gasteiger charge is -2.15. The van der Waals surface area contributed by atoms with Crippen LogP contribution in [-0.2, 0) is 0 Å². The molecule has 2 aromatic rings. The Morgan fingerprint density at radius 2 is 1.83 bits per heavy atom. The Morgan fingerprint density at radius 3 is 2.43 bits per heavy atom. The molecule has 0 saturated carbocycles. The Morgan fingerprint density at radius 1 is 1.17 bits per heavy atom. The summed E-state index contributed by atoms with van der Waals surface area (Å²) in [7, 11) is 0. The smallest absolute Gasteiger partial charge is 0.270 e. The molecule has 0 aromatic heterocycles. The van der Waals surface area contributed by atoms with Crippen molar-refractivity contribution in [1.82, 2.24) is 0 Å². The zero-order chi connectivity index (χ0) is 17.0. The molecule has 0 aliphatic rings. The Hall–Kier alpha value is -2.93. The zero-order valence-electron chi connectivity index (χ0n) is 12.3. The van der Waals surface area contributed by atoms with Crippen LogP contribution in [0.5, 0.6) is 11.5 Å². The van der Waals surface area contributed by atoms with Crippen LogP contribution in [0.25, 0.3) is 0 Å². The summed E-state index contributed by atoms with van der Waals surface area (Å²) in [5.41, 5.74) is 0.621. The lowest BCUT2D eigenvalue weighted by atomic mass is 10.0. The highest BCUT2D eigenvalue weighted by molar-refractivity contribution is 5.84. The summed E-state index contributed by atoms with van der Waals surface area (Å²) in [5, 5.41) is 39.9. The van der Waals surface area contributed by atoms with Crippen molar-refractivity contribution in [2.45, 2.75) is 19.1 Å². The van der Waals surface area contributed by atoms with Crippen LogP contribution in [0, 0.1) is 10.1 Å². The fraction of sp³-hybridized carbons (Fsp3) is 0.188. The Labute approximate surface area is 132 Å². The third kappa shape index (κ3) is 4.04. The van der Waals surface area contributed by atoms with Crippen LogP contribution in [0.15, 0.2) is 47.5 Å². The lowest BCUT2D eigenvalue weighted by Crippen LogP contribution is -2.12. The van der Waals surface area contributed by atoms with E-state index in [0.29, 0.717) is 5.56 Å². The number of rotatable bonds is 5. The minimum absolute atomic E-state index is 0.0959. The van der Waals surface area contributed by atoms with Crippen molar-refractivity contribution < 1.29 is 20.2 Å². The number of non-ortho nitro benzene ring substituents is 1. The Bertz CT molecular complexity index is 728. The van der Waals surface area contributed by atoms with Gasteiger partial charge in [0.15, 0.2) is 0 Å². The van der Waals surface area contributed by atoms with E-state index in [0.717, 1.165) is 0 Å². The normalized spacial score (nSPS) is 13.8. The number of phenols is 2. The van der Waals surface area contributed by atoms with E-state index in [1.54, 1.807) is 19.1 Å². The van der Waals surface area contributed by atoms with Crippen molar-refractivity contribution in [2.24, 2.45) is 4.99 Å². The van der Waals surface area contributed by atoms with E-state index in [-0.39, 0.29) is 22.7 Å². The van der Waals surface area contributed by atoms with Gasteiger partial charge in [0.05, 0.1) is 11.0 Å². The predicted molar refractivity (Wildman–Crippen MR) is 84.9 cm³/mol. The minimum Gasteiger partial charge on any atom is -0.508 e. The molecular weight excluding hydrogens is 300 g/mol. The quantitative estimate of drug-likeness (QED) is 0.445. The summed E-state index contributed by atoms with van der Waals surface area (Å²) in [5.74, 6) is -0.0377. The highest BCUT2D eigenvalue weighted by Crippen LogP contribution is 2.24. The molecule has 7 nitrogen and oxygen atoms in total. The van der Waals surface area contributed by atoms with Gasteiger partial charge in [-0.15, -0.1) is 0 Å². The lowest BCUT2D eigenvalue weighted by molar-refractivity contribution is -0.384. The third-order valence-electron chi connectivity index (χ3n) is 3.36. The molecule has 23 heavy (non-hydrogen) atoms. The first-order valence-corrected chi connectivity index (χ1v) is 6.86. The van der Waals surface area contributed by atoms with E-state index < -0.39 is 17.1 Å². The molecule has 0 aliphatic carbocycles. The molecule has 0 radical (unpaired) electrons. The van der Waals surface area contributed by atoms with E-state index >= 15 is 0 Å². The number of phenolic OH excluding ortho intramolecular Hbond substituents is 2. The number of nitro benzene ring substituents is 1. The first-order valence-electron chi connectivity index (χ1n) is 6.86. The summed E-state index contributed by atoms with van der Waals surface area (Å²) in [6, 6.07) is 9.16. The average Bonchev–Trinajstić information content (AvgIpc) is 2.53. The van der Waals surface area contributed by atoms with Crippen LogP contribution in [0.3, 0.4) is 0 Å². The van der Waals surface area contributed by atoms with Gasteiger partial charge in [-0.05, 0) is 30.7 Å². The zero-order valence-corrected chi connectivity index (χ0v) is 12.3. The van der Waals surface area contributed by atoms with E-state index in [1.165, 1.54) is 36.5 Å². The van der Waals surface area contributed by atoms with Crippen LogP contribution >= 0.6 is 0 Å². The van der Waals surface area contributed by atoms with Gasteiger partial charge in [0.2, 0.25) is 0 Å². The monoisotopic (exact) mass is 316 g/mol. The topological polar surface area (TPSA) is 116 Å². The van der Waals surface area contributed by atoms with Gasteiger partial charge in [-0.3, -0.25) is 15.1 Å². The maximum Gasteiger partial charge on any atom is 0.270 e. The molecule has 0 saturated heterocycles. The molecule has 0 aliphatic heterocycles. The summed E-state index contributed by atoms with van der Waals surface area (Å²) >= 11 is 0. The van der Waals surface area contributed by atoms with Gasteiger partial charge in [0, 0.05) is 23.9 Å². The van der Waals surface area contributed by atoms with Crippen molar-refractivity contribution in [2.75, 3.05) is 0 Å². The van der Waals surface area contributed by atoms with Crippen LogP contribution in [-0.4, -0.2) is 32.5 Å². The van der Waals surface area contributed by atoms with Gasteiger partial charge in [-0.1, -0.05) is 12.1 Å². The minimum atomic E-state index is -0.910. The third-order valence-corrected chi connectivity index (χ3v) is 3.36. The fourth-order valence-electron chi connectivity index (χ4n) is 1.99. The van der Waals surface area contributed by atoms with Crippen molar-refractivity contribution in [3.05, 3.63) is 63.7 Å². The number of hydrogen-bond acceptors (Lipinski definition) is 6.